The largest absolute Gasteiger partial charge is 0.390 e. The van der Waals surface area contributed by atoms with Crippen molar-refractivity contribution in [1.82, 2.24) is 0 Å². The highest BCUT2D eigenvalue weighted by Crippen LogP contribution is 2.30. The van der Waals surface area contributed by atoms with E-state index in [1.807, 2.05) is 0 Å². The normalized spacial score (nSPS) is 14.8. The van der Waals surface area contributed by atoms with Crippen molar-refractivity contribution in [2.75, 3.05) is 6.26 Å². The molecule has 0 saturated heterocycles. The van der Waals surface area contributed by atoms with Gasteiger partial charge in [-0.2, -0.15) is 13.2 Å². The van der Waals surface area contributed by atoms with E-state index in [0.29, 0.717) is 6.26 Å². The van der Waals surface area contributed by atoms with Gasteiger partial charge in [0.15, 0.2) is 0 Å². The Morgan fingerprint density at radius 2 is 1.58 bits per heavy atom. The van der Waals surface area contributed by atoms with Crippen molar-refractivity contribution >= 4 is 18.4 Å². The summed E-state index contributed by atoms with van der Waals surface area (Å²) in [5.74, 6) is -4.56. The lowest BCUT2D eigenvalue weighted by Gasteiger charge is -2.23. The number of alkyl halides is 3. The number of rotatable bonds is 2. The van der Waals surface area contributed by atoms with Crippen LogP contribution in [0, 0.1) is 0 Å². The van der Waals surface area contributed by atoms with Crippen molar-refractivity contribution in [2.24, 2.45) is 0 Å². The Balaban J connectivity index is 4.67. The summed E-state index contributed by atoms with van der Waals surface area (Å²) in [6.45, 7) is 1.57. The summed E-state index contributed by atoms with van der Waals surface area (Å²) in [4.78, 5) is 0. The lowest BCUT2D eigenvalue weighted by atomic mass is 11.5. The summed E-state index contributed by atoms with van der Waals surface area (Å²) in [6, 6.07) is 0. The van der Waals surface area contributed by atoms with E-state index < -0.39 is 24.2 Å². The van der Waals surface area contributed by atoms with Crippen molar-refractivity contribution in [3.63, 3.8) is 0 Å². The molecule has 0 fully saturated rings. The summed E-state index contributed by atoms with van der Waals surface area (Å²) in [5, 5.41) is 0. The molecule has 0 aromatic carbocycles. The van der Waals surface area contributed by atoms with Crippen LogP contribution in [0.5, 0.6) is 0 Å². The Morgan fingerprint density at radius 1 is 1.25 bits per heavy atom. The molecule has 0 atom stereocenters. The summed E-state index contributed by atoms with van der Waals surface area (Å²) in [5.41, 5.74) is 0. The molecule has 0 amide bonds. The molecule has 3 nitrogen and oxygen atoms in total. The van der Waals surface area contributed by atoms with Crippen LogP contribution in [0.3, 0.4) is 0 Å². The molecule has 0 aliphatic rings. The van der Waals surface area contributed by atoms with Gasteiger partial charge in [-0.05, 0) is 13.1 Å². The molecule has 0 rings (SSSR count). The highest BCUT2D eigenvalue weighted by atomic mass is 32.2. The van der Waals surface area contributed by atoms with E-state index in [0.717, 1.165) is 13.1 Å². The third-order valence-corrected chi connectivity index (χ3v) is 5.29. The van der Waals surface area contributed by atoms with Gasteiger partial charge < -0.3 is 3.87 Å². The van der Waals surface area contributed by atoms with Crippen LogP contribution in [0.2, 0.25) is 13.1 Å². The summed E-state index contributed by atoms with van der Waals surface area (Å²) >= 11 is 0. The fourth-order valence-electron chi connectivity index (χ4n) is 0.426. The molecule has 0 radical (unpaired) electrons. The van der Waals surface area contributed by atoms with Gasteiger partial charge in [0.25, 0.3) is 10.1 Å². The van der Waals surface area contributed by atoms with Gasteiger partial charge in [-0.25, -0.2) is 8.42 Å². The second kappa shape index (κ2) is 3.00. The average molecular weight is 222 g/mol. The molecule has 12 heavy (non-hydrogen) atoms. The monoisotopic (exact) mass is 222 g/mol. The van der Waals surface area contributed by atoms with Crippen LogP contribution in [-0.2, 0) is 14.0 Å². The third-order valence-electron chi connectivity index (χ3n) is 1.04. The van der Waals surface area contributed by atoms with E-state index in [-0.39, 0.29) is 0 Å². The van der Waals surface area contributed by atoms with Gasteiger partial charge in [0.1, 0.15) is 0 Å². The maximum atomic E-state index is 12.0. The SMILES string of the molecule is C[Si](C)(OS(C)(=O)=O)C(F)(F)F. The predicted octanol–water partition coefficient (Wildman–Crippen LogP) is 1.27. The Bertz CT molecular complexity index is 255. The van der Waals surface area contributed by atoms with Gasteiger partial charge in [-0.1, -0.05) is 0 Å². The van der Waals surface area contributed by atoms with Gasteiger partial charge in [0, 0.05) is 0 Å². The molecule has 0 aromatic heterocycles. The van der Waals surface area contributed by atoms with Crippen molar-refractivity contribution in [1.29, 1.82) is 0 Å². The minimum absolute atomic E-state index is 0.605. The maximum Gasteiger partial charge on any atom is 0.390 e. The zero-order valence-electron chi connectivity index (χ0n) is 6.77. The molecule has 0 spiro atoms. The highest BCUT2D eigenvalue weighted by Gasteiger charge is 2.54. The molecule has 0 heterocycles. The van der Waals surface area contributed by atoms with Crippen LogP contribution in [0.1, 0.15) is 0 Å². The quantitative estimate of drug-likeness (QED) is 0.661. The van der Waals surface area contributed by atoms with Gasteiger partial charge >= 0.3 is 14.1 Å². The molecule has 0 bridgehead atoms. The molecule has 0 saturated carbocycles. The molecular weight excluding hydrogens is 213 g/mol. The Hall–Kier alpha value is -0.0831. The fourth-order valence-corrected chi connectivity index (χ4v) is 3.83. The van der Waals surface area contributed by atoms with Crippen molar-refractivity contribution < 1.29 is 25.5 Å². The first-order valence-corrected chi connectivity index (χ1v) is 7.65. The van der Waals surface area contributed by atoms with Gasteiger partial charge in [-0.3, -0.25) is 0 Å². The molecule has 0 aliphatic carbocycles. The lowest BCUT2D eigenvalue weighted by Crippen LogP contribution is -2.48. The zero-order chi connectivity index (χ0) is 10.2. The number of halogens is 3. The first-order valence-electron chi connectivity index (χ1n) is 2.93. The molecule has 0 N–H and O–H groups in total. The third kappa shape index (κ3) is 3.54. The van der Waals surface area contributed by atoms with E-state index in [9.17, 15) is 21.6 Å². The summed E-state index contributed by atoms with van der Waals surface area (Å²) < 4.78 is 60.9. The van der Waals surface area contributed by atoms with Gasteiger partial charge in [-0.15, -0.1) is 0 Å². The van der Waals surface area contributed by atoms with E-state index in [1.54, 1.807) is 0 Å². The minimum atomic E-state index is -4.56. The maximum absolute atomic E-state index is 12.0. The molecule has 8 heteroatoms. The van der Waals surface area contributed by atoms with Gasteiger partial charge in [0.05, 0.1) is 6.26 Å². The van der Waals surface area contributed by atoms with E-state index in [2.05, 4.69) is 3.87 Å². The van der Waals surface area contributed by atoms with Crippen LogP contribution < -0.4 is 0 Å². The molecular formula is C4H9F3O3SSi. The molecule has 74 valence electrons. The van der Waals surface area contributed by atoms with Gasteiger partial charge in [0.2, 0.25) is 0 Å². The molecule has 0 unspecified atom stereocenters. The number of hydrogen-bond donors (Lipinski definition) is 0. The topological polar surface area (TPSA) is 43.4 Å². The number of hydrogen-bond acceptors (Lipinski definition) is 3. The summed E-state index contributed by atoms with van der Waals surface area (Å²) in [7, 11) is -8.15. The minimum Gasteiger partial charge on any atom is -0.305 e. The first-order chi connectivity index (χ1) is 4.96. The van der Waals surface area contributed by atoms with Crippen LogP contribution in [0.25, 0.3) is 0 Å². The lowest BCUT2D eigenvalue weighted by molar-refractivity contribution is -0.0658. The first kappa shape index (κ1) is 11.9. The highest BCUT2D eigenvalue weighted by molar-refractivity contribution is 7.87. The molecule has 0 aliphatic heterocycles. The Morgan fingerprint density at radius 3 is 1.67 bits per heavy atom. The summed E-state index contributed by atoms with van der Waals surface area (Å²) in [6.07, 6.45) is 0.605. The van der Waals surface area contributed by atoms with E-state index in [1.165, 1.54) is 0 Å². The Kier molecular flexibility index (Phi) is 2.98. The van der Waals surface area contributed by atoms with Crippen LogP contribution >= 0.6 is 0 Å². The van der Waals surface area contributed by atoms with Crippen LogP contribution in [0.4, 0.5) is 13.2 Å². The van der Waals surface area contributed by atoms with Crippen molar-refractivity contribution in [3.8, 4) is 0 Å². The van der Waals surface area contributed by atoms with E-state index >= 15 is 0 Å². The van der Waals surface area contributed by atoms with Crippen molar-refractivity contribution in [2.45, 2.75) is 18.9 Å². The van der Waals surface area contributed by atoms with E-state index in [4.69, 9.17) is 0 Å². The fraction of sp³-hybridized carbons (Fsp3) is 1.00. The average Bonchev–Trinajstić information content (AvgIpc) is 1.52. The Labute approximate surface area is 69.8 Å². The second-order valence-corrected chi connectivity index (χ2v) is 8.46. The van der Waals surface area contributed by atoms with Crippen molar-refractivity contribution in [3.05, 3.63) is 0 Å². The van der Waals surface area contributed by atoms with Crippen LogP contribution in [0.15, 0.2) is 0 Å². The second-order valence-electron chi connectivity index (χ2n) is 2.80. The zero-order valence-corrected chi connectivity index (χ0v) is 8.58. The smallest absolute Gasteiger partial charge is 0.305 e. The predicted molar refractivity (Wildman–Crippen MR) is 39.5 cm³/mol. The standard InChI is InChI=1S/C4H9F3O3SSi/c1-11(8,9)10-12(2,3)4(5,6)7/h1-3H3. The molecule has 0 aromatic rings. The van der Waals surface area contributed by atoms with Crippen LogP contribution in [-0.4, -0.2) is 28.8 Å².